The van der Waals surface area contributed by atoms with Crippen LogP contribution in [0.3, 0.4) is 0 Å². The summed E-state index contributed by atoms with van der Waals surface area (Å²) < 4.78 is 0.921. The Labute approximate surface area is 139 Å². The van der Waals surface area contributed by atoms with Crippen LogP contribution in [0.1, 0.15) is 20.3 Å². The zero-order valence-corrected chi connectivity index (χ0v) is 14.5. The van der Waals surface area contributed by atoms with E-state index in [0.29, 0.717) is 13.1 Å². The van der Waals surface area contributed by atoms with Gasteiger partial charge in [-0.15, -0.1) is 0 Å². The van der Waals surface area contributed by atoms with Gasteiger partial charge >= 0.3 is 0 Å². The zero-order chi connectivity index (χ0) is 16.1. The molecule has 1 aliphatic rings. The molecule has 5 nitrogen and oxygen atoms in total. The summed E-state index contributed by atoms with van der Waals surface area (Å²) in [6.45, 7) is 5.95. The molecule has 2 N–H and O–H groups in total. The largest absolute Gasteiger partial charge is 0.354 e. The van der Waals surface area contributed by atoms with Gasteiger partial charge in [0.2, 0.25) is 11.8 Å². The minimum absolute atomic E-state index is 0.00187. The Hall–Kier alpha value is -1.40. The first-order valence-corrected chi connectivity index (χ1v) is 8.37. The molecule has 0 spiro atoms. The number of rotatable bonds is 6. The van der Waals surface area contributed by atoms with Gasteiger partial charge in [0.05, 0.1) is 5.92 Å². The predicted octanol–water partition coefficient (Wildman–Crippen LogP) is 1.92. The van der Waals surface area contributed by atoms with Crippen molar-refractivity contribution in [3.05, 3.63) is 28.7 Å². The zero-order valence-electron chi connectivity index (χ0n) is 12.9. The minimum atomic E-state index is -0.277. The number of carbonyl (C=O) groups is 2. The SMILES string of the molecule is CCN[C@H](C)CNC(=O)C1CC(=O)N(c2cccc(Br)c2)C1. The van der Waals surface area contributed by atoms with E-state index in [1.54, 1.807) is 4.90 Å². The molecule has 1 saturated heterocycles. The third-order valence-corrected chi connectivity index (χ3v) is 4.24. The number of carbonyl (C=O) groups excluding carboxylic acids is 2. The van der Waals surface area contributed by atoms with Crippen molar-refractivity contribution in [1.29, 1.82) is 0 Å². The van der Waals surface area contributed by atoms with Gasteiger partial charge < -0.3 is 15.5 Å². The Balaban J connectivity index is 1.93. The fourth-order valence-corrected chi connectivity index (χ4v) is 2.98. The Morgan fingerprint density at radius 1 is 1.50 bits per heavy atom. The average molecular weight is 368 g/mol. The lowest BCUT2D eigenvalue weighted by atomic mass is 10.1. The summed E-state index contributed by atoms with van der Waals surface area (Å²) in [5, 5.41) is 6.17. The fraction of sp³-hybridized carbons (Fsp3) is 0.500. The maximum absolute atomic E-state index is 12.2. The van der Waals surface area contributed by atoms with Crippen molar-refractivity contribution >= 4 is 33.4 Å². The molecule has 1 fully saturated rings. The maximum Gasteiger partial charge on any atom is 0.227 e. The molecule has 22 heavy (non-hydrogen) atoms. The number of hydrogen-bond acceptors (Lipinski definition) is 3. The Kier molecular flexibility index (Phi) is 5.97. The molecule has 2 atom stereocenters. The van der Waals surface area contributed by atoms with Crippen LogP contribution >= 0.6 is 15.9 Å². The van der Waals surface area contributed by atoms with Crippen molar-refractivity contribution in [3.63, 3.8) is 0 Å². The molecule has 120 valence electrons. The number of benzene rings is 1. The second-order valence-corrected chi connectivity index (χ2v) is 6.50. The number of likely N-dealkylation sites (N-methyl/N-ethyl adjacent to an activating group) is 1. The van der Waals surface area contributed by atoms with Gasteiger partial charge in [-0.2, -0.15) is 0 Å². The number of halogens is 1. The van der Waals surface area contributed by atoms with E-state index in [-0.39, 0.29) is 30.2 Å². The summed E-state index contributed by atoms with van der Waals surface area (Å²) >= 11 is 3.40. The number of anilines is 1. The van der Waals surface area contributed by atoms with E-state index in [1.165, 1.54) is 0 Å². The third-order valence-electron chi connectivity index (χ3n) is 3.75. The van der Waals surface area contributed by atoms with Crippen molar-refractivity contribution in [2.24, 2.45) is 5.92 Å². The molecular weight excluding hydrogens is 346 g/mol. The van der Waals surface area contributed by atoms with Crippen LogP contribution in [0.4, 0.5) is 5.69 Å². The highest BCUT2D eigenvalue weighted by molar-refractivity contribution is 9.10. The maximum atomic E-state index is 12.2. The first kappa shape index (κ1) is 17.0. The van der Waals surface area contributed by atoms with Crippen LogP contribution in [-0.4, -0.2) is 37.5 Å². The molecule has 0 radical (unpaired) electrons. The molecule has 1 aliphatic heterocycles. The Bertz CT molecular complexity index is 550. The van der Waals surface area contributed by atoms with Crippen LogP contribution in [0.2, 0.25) is 0 Å². The highest BCUT2D eigenvalue weighted by atomic mass is 79.9. The minimum Gasteiger partial charge on any atom is -0.354 e. The molecule has 1 unspecified atom stereocenters. The van der Waals surface area contributed by atoms with Crippen LogP contribution in [0.25, 0.3) is 0 Å². The number of nitrogens with one attached hydrogen (secondary N) is 2. The van der Waals surface area contributed by atoms with E-state index >= 15 is 0 Å². The standard InChI is InChI=1S/C16H22BrN3O2/c1-3-18-11(2)9-19-16(22)12-7-15(21)20(10-12)14-6-4-5-13(17)8-14/h4-6,8,11-12,18H,3,7,9-10H2,1-2H3,(H,19,22)/t11-,12?/m1/s1. The molecule has 0 aliphatic carbocycles. The van der Waals surface area contributed by atoms with Gasteiger partial charge in [0, 0.05) is 35.7 Å². The Morgan fingerprint density at radius 2 is 2.27 bits per heavy atom. The summed E-state index contributed by atoms with van der Waals surface area (Å²) in [6, 6.07) is 7.81. The third kappa shape index (κ3) is 4.30. The summed E-state index contributed by atoms with van der Waals surface area (Å²) in [7, 11) is 0. The topological polar surface area (TPSA) is 61.4 Å². The summed E-state index contributed by atoms with van der Waals surface area (Å²) in [5.41, 5.74) is 0.829. The van der Waals surface area contributed by atoms with E-state index in [1.807, 2.05) is 38.1 Å². The smallest absolute Gasteiger partial charge is 0.227 e. The monoisotopic (exact) mass is 367 g/mol. The lowest BCUT2D eigenvalue weighted by molar-refractivity contribution is -0.126. The molecule has 0 saturated carbocycles. The van der Waals surface area contributed by atoms with Crippen LogP contribution in [0, 0.1) is 5.92 Å². The summed E-state index contributed by atoms with van der Waals surface area (Å²) in [4.78, 5) is 26.1. The van der Waals surface area contributed by atoms with Crippen LogP contribution in [0.5, 0.6) is 0 Å². The van der Waals surface area contributed by atoms with E-state index in [9.17, 15) is 9.59 Å². The summed E-state index contributed by atoms with van der Waals surface area (Å²) in [6.07, 6.45) is 0.272. The molecule has 1 aromatic carbocycles. The van der Waals surface area contributed by atoms with Crippen LogP contribution < -0.4 is 15.5 Å². The molecule has 0 aromatic heterocycles. The molecule has 2 amide bonds. The first-order chi connectivity index (χ1) is 10.5. The summed E-state index contributed by atoms with van der Waals surface area (Å²) in [5.74, 6) is -0.325. The van der Waals surface area contributed by atoms with Gasteiger partial charge in [0.1, 0.15) is 0 Å². The van der Waals surface area contributed by atoms with Gasteiger partial charge in [0.15, 0.2) is 0 Å². The molecule has 1 heterocycles. The van der Waals surface area contributed by atoms with Gasteiger partial charge in [-0.3, -0.25) is 9.59 Å². The number of nitrogens with zero attached hydrogens (tertiary/aromatic N) is 1. The lowest BCUT2D eigenvalue weighted by Crippen LogP contribution is -2.41. The molecule has 1 aromatic rings. The van der Waals surface area contributed by atoms with E-state index < -0.39 is 0 Å². The molecule has 6 heteroatoms. The van der Waals surface area contributed by atoms with Crippen molar-refractivity contribution < 1.29 is 9.59 Å². The lowest BCUT2D eigenvalue weighted by Gasteiger charge is -2.18. The number of hydrogen-bond donors (Lipinski definition) is 2. The molecule has 2 rings (SSSR count). The second kappa shape index (κ2) is 7.74. The van der Waals surface area contributed by atoms with Crippen molar-refractivity contribution in [2.45, 2.75) is 26.3 Å². The second-order valence-electron chi connectivity index (χ2n) is 5.59. The van der Waals surface area contributed by atoms with Crippen molar-refractivity contribution in [1.82, 2.24) is 10.6 Å². The van der Waals surface area contributed by atoms with Crippen molar-refractivity contribution in [2.75, 3.05) is 24.5 Å². The van der Waals surface area contributed by atoms with Crippen LogP contribution in [0.15, 0.2) is 28.7 Å². The normalized spacial score (nSPS) is 19.3. The first-order valence-electron chi connectivity index (χ1n) is 7.58. The van der Waals surface area contributed by atoms with Gasteiger partial charge in [-0.1, -0.05) is 28.9 Å². The van der Waals surface area contributed by atoms with E-state index in [2.05, 4.69) is 26.6 Å². The number of amides is 2. The highest BCUT2D eigenvalue weighted by Crippen LogP contribution is 2.27. The van der Waals surface area contributed by atoms with Gasteiger partial charge in [-0.25, -0.2) is 0 Å². The average Bonchev–Trinajstić information content (AvgIpc) is 2.87. The molecular formula is C16H22BrN3O2. The highest BCUT2D eigenvalue weighted by Gasteiger charge is 2.35. The van der Waals surface area contributed by atoms with Crippen molar-refractivity contribution in [3.8, 4) is 0 Å². The Morgan fingerprint density at radius 3 is 2.95 bits per heavy atom. The van der Waals surface area contributed by atoms with E-state index in [0.717, 1.165) is 16.7 Å². The fourth-order valence-electron chi connectivity index (χ4n) is 2.60. The van der Waals surface area contributed by atoms with Gasteiger partial charge in [0.25, 0.3) is 0 Å². The van der Waals surface area contributed by atoms with Gasteiger partial charge in [-0.05, 0) is 31.7 Å². The molecule has 0 bridgehead atoms. The predicted molar refractivity (Wildman–Crippen MR) is 90.8 cm³/mol. The van der Waals surface area contributed by atoms with Crippen LogP contribution in [-0.2, 0) is 9.59 Å². The van der Waals surface area contributed by atoms with E-state index in [4.69, 9.17) is 0 Å². The quantitative estimate of drug-likeness (QED) is 0.807.